The second-order valence-electron chi connectivity index (χ2n) is 4.63. The molecular weight excluding hydrogens is 296 g/mol. The van der Waals surface area contributed by atoms with E-state index in [0.717, 1.165) is 18.5 Å². The molecule has 0 aliphatic carbocycles. The summed E-state index contributed by atoms with van der Waals surface area (Å²) in [6.45, 7) is 6.05. The number of hydrogen-bond donors (Lipinski definition) is 2. The molecule has 1 rings (SSSR count). The first-order valence-electron chi connectivity index (χ1n) is 6.82. The van der Waals surface area contributed by atoms with E-state index in [2.05, 4.69) is 17.0 Å². The van der Waals surface area contributed by atoms with Gasteiger partial charge in [-0.05, 0) is 36.4 Å². The van der Waals surface area contributed by atoms with Crippen LogP contribution >= 0.6 is 11.3 Å². The minimum atomic E-state index is -3.44. The molecule has 0 aliphatic rings. The van der Waals surface area contributed by atoms with Crippen LogP contribution in [0.3, 0.4) is 0 Å². The van der Waals surface area contributed by atoms with Gasteiger partial charge in [-0.15, -0.1) is 11.3 Å². The van der Waals surface area contributed by atoms with Crippen LogP contribution in [0.1, 0.15) is 32.3 Å². The van der Waals surface area contributed by atoms with Gasteiger partial charge in [0, 0.05) is 19.7 Å². The summed E-state index contributed by atoms with van der Waals surface area (Å²) in [6, 6.07) is 1.55. The van der Waals surface area contributed by atoms with Gasteiger partial charge < -0.3 is 10.1 Å². The van der Waals surface area contributed by atoms with E-state index in [9.17, 15) is 8.42 Å². The van der Waals surface area contributed by atoms with E-state index in [0.29, 0.717) is 23.8 Å². The fourth-order valence-corrected chi connectivity index (χ4v) is 4.24. The predicted octanol–water partition coefficient (Wildman–Crippen LogP) is 1.95. The molecule has 1 unspecified atom stereocenters. The van der Waals surface area contributed by atoms with Gasteiger partial charge in [0.25, 0.3) is 0 Å². The average Bonchev–Trinajstić information content (AvgIpc) is 2.88. The van der Waals surface area contributed by atoms with E-state index in [4.69, 9.17) is 4.74 Å². The Bertz CT molecular complexity index is 486. The molecule has 0 spiro atoms. The molecule has 0 aromatic carbocycles. The van der Waals surface area contributed by atoms with Crippen molar-refractivity contribution in [1.82, 2.24) is 10.0 Å². The zero-order valence-electron chi connectivity index (χ0n) is 12.3. The lowest BCUT2D eigenvalue weighted by Gasteiger charge is -2.15. The molecule has 0 amide bonds. The van der Waals surface area contributed by atoms with Crippen LogP contribution in [0.5, 0.6) is 0 Å². The summed E-state index contributed by atoms with van der Waals surface area (Å²) in [7, 11) is -1.87. The fourth-order valence-electron chi connectivity index (χ4n) is 1.71. The zero-order valence-corrected chi connectivity index (χ0v) is 13.9. The van der Waals surface area contributed by atoms with Crippen molar-refractivity contribution in [3.8, 4) is 0 Å². The number of ether oxygens (including phenoxy) is 1. The molecule has 1 heterocycles. The smallest absolute Gasteiger partial charge is 0.250 e. The first-order valence-corrected chi connectivity index (χ1v) is 9.19. The van der Waals surface area contributed by atoms with Gasteiger partial charge in [0.15, 0.2) is 0 Å². The van der Waals surface area contributed by atoms with Gasteiger partial charge in [-0.1, -0.05) is 13.8 Å². The van der Waals surface area contributed by atoms with Crippen LogP contribution in [-0.2, 0) is 21.3 Å². The lowest BCUT2D eigenvalue weighted by molar-refractivity contribution is 0.173. The Morgan fingerprint density at radius 2 is 2.15 bits per heavy atom. The quantitative estimate of drug-likeness (QED) is 0.647. The number of rotatable bonds is 10. The monoisotopic (exact) mass is 320 g/mol. The highest BCUT2D eigenvalue weighted by atomic mass is 32.2. The molecule has 0 fully saturated rings. The maximum Gasteiger partial charge on any atom is 0.250 e. The summed E-state index contributed by atoms with van der Waals surface area (Å²) in [5.74, 6) is 0. The molecule has 0 aliphatic heterocycles. The van der Waals surface area contributed by atoms with E-state index in [-0.39, 0.29) is 6.04 Å². The van der Waals surface area contributed by atoms with E-state index in [1.165, 1.54) is 11.3 Å². The van der Waals surface area contributed by atoms with Crippen LogP contribution in [0.15, 0.2) is 15.7 Å². The normalized spacial score (nSPS) is 13.6. The Morgan fingerprint density at radius 3 is 2.75 bits per heavy atom. The van der Waals surface area contributed by atoms with Gasteiger partial charge >= 0.3 is 0 Å². The number of sulfonamides is 1. The molecule has 1 atom stereocenters. The average molecular weight is 320 g/mol. The Balaban J connectivity index is 2.67. The zero-order chi connectivity index (χ0) is 15.0. The Morgan fingerprint density at radius 1 is 1.40 bits per heavy atom. The molecule has 0 saturated carbocycles. The fraction of sp³-hybridized carbons (Fsp3) is 0.692. The highest BCUT2D eigenvalue weighted by Crippen LogP contribution is 2.20. The van der Waals surface area contributed by atoms with Gasteiger partial charge in [0.1, 0.15) is 4.21 Å². The predicted molar refractivity (Wildman–Crippen MR) is 82.6 cm³/mol. The van der Waals surface area contributed by atoms with E-state index >= 15 is 0 Å². The van der Waals surface area contributed by atoms with Crippen LogP contribution in [0, 0.1) is 0 Å². The second-order valence-corrected chi connectivity index (χ2v) is 7.48. The standard InChI is InChI=1S/C13H24N2O3S2/c1-4-6-14-8-11-7-13(19-10-11)20(16,17)15-12(5-2)9-18-3/h7,10,12,14-15H,4-6,8-9H2,1-3H3. The summed E-state index contributed by atoms with van der Waals surface area (Å²) in [5.41, 5.74) is 1.00. The SMILES string of the molecule is CCCNCc1csc(S(=O)(=O)NC(CC)COC)c1. The van der Waals surface area contributed by atoms with Gasteiger partial charge in [0.05, 0.1) is 6.61 Å². The Kier molecular flexibility index (Phi) is 7.68. The molecule has 2 N–H and O–H groups in total. The van der Waals surface area contributed by atoms with Crippen molar-refractivity contribution in [3.63, 3.8) is 0 Å². The second kappa shape index (κ2) is 8.74. The van der Waals surface area contributed by atoms with Crippen LogP contribution < -0.4 is 10.0 Å². The molecule has 20 heavy (non-hydrogen) atoms. The molecule has 5 nitrogen and oxygen atoms in total. The van der Waals surface area contributed by atoms with Crippen molar-refractivity contribution in [3.05, 3.63) is 17.0 Å². The summed E-state index contributed by atoms with van der Waals surface area (Å²) >= 11 is 1.25. The van der Waals surface area contributed by atoms with Crippen LogP contribution in [-0.4, -0.2) is 34.7 Å². The molecular formula is C13H24N2O3S2. The van der Waals surface area contributed by atoms with Crippen molar-refractivity contribution in [2.45, 2.75) is 43.5 Å². The van der Waals surface area contributed by atoms with Gasteiger partial charge in [-0.3, -0.25) is 0 Å². The molecule has 7 heteroatoms. The Hall–Kier alpha value is -0.470. The van der Waals surface area contributed by atoms with E-state index in [1.807, 2.05) is 12.3 Å². The Labute approximate surface area is 125 Å². The first-order chi connectivity index (χ1) is 9.53. The molecule has 1 aromatic heterocycles. The van der Waals surface area contributed by atoms with Gasteiger partial charge in [-0.2, -0.15) is 0 Å². The minimum Gasteiger partial charge on any atom is -0.383 e. The molecule has 0 bridgehead atoms. The third-order valence-corrected chi connectivity index (χ3v) is 5.84. The topological polar surface area (TPSA) is 67.4 Å². The molecule has 0 saturated heterocycles. The van der Waals surface area contributed by atoms with Crippen LogP contribution in [0.2, 0.25) is 0 Å². The number of hydrogen-bond acceptors (Lipinski definition) is 5. The van der Waals surface area contributed by atoms with Crippen LogP contribution in [0.25, 0.3) is 0 Å². The van der Waals surface area contributed by atoms with Crippen LogP contribution in [0.4, 0.5) is 0 Å². The third kappa shape index (κ3) is 5.49. The van der Waals surface area contributed by atoms with Crippen molar-refractivity contribution in [1.29, 1.82) is 0 Å². The summed E-state index contributed by atoms with van der Waals surface area (Å²) in [6.07, 6.45) is 1.76. The molecule has 116 valence electrons. The first kappa shape index (κ1) is 17.6. The summed E-state index contributed by atoms with van der Waals surface area (Å²) in [5, 5.41) is 5.14. The lowest BCUT2D eigenvalue weighted by atomic mass is 10.3. The van der Waals surface area contributed by atoms with Crippen molar-refractivity contribution >= 4 is 21.4 Å². The van der Waals surface area contributed by atoms with Gasteiger partial charge in [-0.25, -0.2) is 13.1 Å². The molecule has 1 aromatic rings. The number of thiophene rings is 1. The minimum absolute atomic E-state index is 0.186. The van der Waals surface area contributed by atoms with Crippen molar-refractivity contribution < 1.29 is 13.2 Å². The number of methoxy groups -OCH3 is 1. The maximum atomic E-state index is 12.2. The third-order valence-electron chi connectivity index (χ3n) is 2.83. The van der Waals surface area contributed by atoms with Gasteiger partial charge in [0.2, 0.25) is 10.0 Å². The lowest BCUT2D eigenvalue weighted by Crippen LogP contribution is -2.37. The number of nitrogens with one attached hydrogen (secondary N) is 2. The summed E-state index contributed by atoms with van der Waals surface area (Å²) in [4.78, 5) is 0. The maximum absolute atomic E-state index is 12.2. The highest BCUT2D eigenvalue weighted by Gasteiger charge is 2.20. The summed E-state index contributed by atoms with van der Waals surface area (Å²) < 4.78 is 32.5. The van der Waals surface area contributed by atoms with Crippen molar-refractivity contribution in [2.24, 2.45) is 0 Å². The largest absolute Gasteiger partial charge is 0.383 e. The van der Waals surface area contributed by atoms with E-state index in [1.54, 1.807) is 13.2 Å². The molecule has 0 radical (unpaired) electrons. The van der Waals surface area contributed by atoms with Crippen molar-refractivity contribution in [2.75, 3.05) is 20.3 Å². The van der Waals surface area contributed by atoms with E-state index < -0.39 is 10.0 Å². The highest BCUT2D eigenvalue weighted by molar-refractivity contribution is 7.91.